The summed E-state index contributed by atoms with van der Waals surface area (Å²) in [5, 5.41) is 19.3. The van der Waals surface area contributed by atoms with E-state index >= 15 is 0 Å². The first-order valence-corrected chi connectivity index (χ1v) is 6.51. The molecule has 0 aromatic heterocycles. The summed E-state index contributed by atoms with van der Waals surface area (Å²) in [6, 6.07) is 7.99. The lowest BCUT2D eigenvalue weighted by Crippen LogP contribution is -2.39. The van der Waals surface area contributed by atoms with Gasteiger partial charge in [-0.3, -0.25) is 0 Å². The zero-order chi connectivity index (χ0) is 14.4. The Labute approximate surface area is 116 Å². The summed E-state index contributed by atoms with van der Waals surface area (Å²) in [6.07, 6.45) is 1.52. The van der Waals surface area contributed by atoms with Gasteiger partial charge in [-0.1, -0.05) is 30.3 Å². The maximum Gasteiger partial charge on any atom is 0.369 e. The van der Waals surface area contributed by atoms with Crippen molar-refractivity contribution in [2.75, 3.05) is 19.8 Å². The quantitative estimate of drug-likeness (QED) is 0.575. The van der Waals surface area contributed by atoms with Crippen molar-refractivity contribution in [3.8, 4) is 0 Å². The van der Waals surface area contributed by atoms with Gasteiger partial charge in [-0.15, -0.1) is 0 Å². The van der Waals surface area contributed by atoms with Gasteiger partial charge in [0.2, 0.25) is 0 Å². The van der Waals surface area contributed by atoms with Crippen LogP contribution >= 0.6 is 0 Å². The van der Waals surface area contributed by atoms with E-state index in [0.29, 0.717) is 6.61 Å². The van der Waals surface area contributed by atoms with E-state index in [1.54, 1.807) is 18.2 Å². The highest BCUT2D eigenvalue weighted by atomic mass is 16.7. The van der Waals surface area contributed by atoms with Gasteiger partial charge in [0.05, 0.1) is 13.2 Å². The predicted octanol–water partition coefficient (Wildman–Crippen LogP) is 1.09. The van der Waals surface area contributed by atoms with Crippen LogP contribution in [0.2, 0.25) is 0 Å². The molecule has 20 heavy (non-hydrogen) atoms. The summed E-state index contributed by atoms with van der Waals surface area (Å²) >= 11 is 0. The predicted molar refractivity (Wildman–Crippen MR) is 68.9 cm³/mol. The largest absolute Gasteiger partial charge is 0.477 e. The second-order valence-corrected chi connectivity index (χ2v) is 4.48. The van der Waals surface area contributed by atoms with E-state index in [1.165, 1.54) is 12.1 Å². The first-order chi connectivity index (χ1) is 9.63. The molecule has 1 aromatic carbocycles. The number of carboxylic acids is 1. The van der Waals surface area contributed by atoms with Gasteiger partial charge in [-0.05, 0) is 6.42 Å². The molecule has 1 heterocycles. The first kappa shape index (κ1) is 14.9. The van der Waals surface area contributed by atoms with Gasteiger partial charge in [0.15, 0.2) is 6.29 Å². The van der Waals surface area contributed by atoms with Crippen LogP contribution in [0, 0.1) is 0 Å². The van der Waals surface area contributed by atoms with Gasteiger partial charge in [-0.2, -0.15) is 0 Å². The lowest BCUT2D eigenvalue weighted by molar-refractivity contribution is -0.237. The van der Waals surface area contributed by atoms with Crippen LogP contribution in [0.5, 0.6) is 0 Å². The molecule has 1 aromatic rings. The van der Waals surface area contributed by atoms with Crippen molar-refractivity contribution < 1.29 is 29.2 Å². The van der Waals surface area contributed by atoms with Crippen LogP contribution in [0.25, 0.3) is 0 Å². The Kier molecular flexibility index (Phi) is 5.08. The molecule has 2 N–H and O–H groups in total. The number of aliphatic hydroxyl groups is 1. The normalized spacial score (nSPS) is 21.6. The van der Waals surface area contributed by atoms with E-state index in [0.717, 1.165) is 12.8 Å². The number of hydrogen-bond acceptors (Lipinski definition) is 5. The Morgan fingerprint density at radius 3 is 2.70 bits per heavy atom. The molecule has 6 heteroatoms. The summed E-state index contributed by atoms with van der Waals surface area (Å²) in [5.41, 5.74) is 0.171. The number of carbonyl (C=O) groups is 1. The van der Waals surface area contributed by atoms with E-state index in [9.17, 15) is 9.90 Å². The zero-order valence-electron chi connectivity index (χ0n) is 11.0. The van der Waals surface area contributed by atoms with Crippen LogP contribution < -0.4 is 0 Å². The topological polar surface area (TPSA) is 85.2 Å². The molecule has 1 aliphatic rings. The van der Waals surface area contributed by atoms with Crippen molar-refractivity contribution in [3.63, 3.8) is 0 Å². The molecule has 110 valence electrons. The fraction of sp³-hybridized carbons (Fsp3) is 0.500. The molecule has 0 aliphatic carbocycles. The zero-order valence-corrected chi connectivity index (χ0v) is 11.0. The van der Waals surface area contributed by atoms with Crippen LogP contribution in [-0.4, -0.2) is 42.3 Å². The molecule has 0 radical (unpaired) electrons. The van der Waals surface area contributed by atoms with Crippen molar-refractivity contribution in [2.24, 2.45) is 0 Å². The minimum absolute atomic E-state index is 0.0441. The lowest BCUT2D eigenvalue weighted by Gasteiger charge is -2.24. The highest BCUT2D eigenvalue weighted by Gasteiger charge is 2.39. The third-order valence-corrected chi connectivity index (χ3v) is 3.04. The number of hydrogen-bond donors (Lipinski definition) is 2. The summed E-state index contributed by atoms with van der Waals surface area (Å²) in [6.45, 7) is 0.791. The number of benzene rings is 1. The molecule has 2 atom stereocenters. The summed E-state index contributed by atoms with van der Waals surface area (Å²) in [7, 11) is 0. The monoisotopic (exact) mass is 282 g/mol. The molecule has 1 saturated heterocycles. The third-order valence-electron chi connectivity index (χ3n) is 3.04. The SMILES string of the molecule is O=C(O)C(O)(OCCOC1CCCO1)c1ccccc1. The second kappa shape index (κ2) is 6.81. The van der Waals surface area contributed by atoms with Crippen molar-refractivity contribution in [2.45, 2.75) is 24.9 Å². The van der Waals surface area contributed by atoms with Crippen molar-refractivity contribution >= 4 is 5.97 Å². The average Bonchev–Trinajstić information content (AvgIpc) is 2.97. The average molecular weight is 282 g/mol. The standard InChI is InChI=1S/C14H18O6/c15-13(16)14(17,11-5-2-1-3-6-11)20-10-9-19-12-7-4-8-18-12/h1-3,5-6,12,17H,4,7-10H2,(H,15,16). The Morgan fingerprint density at radius 1 is 1.35 bits per heavy atom. The van der Waals surface area contributed by atoms with Crippen LogP contribution in [0.4, 0.5) is 0 Å². The number of aliphatic carboxylic acids is 1. The maximum absolute atomic E-state index is 11.2. The van der Waals surface area contributed by atoms with Crippen molar-refractivity contribution in [1.29, 1.82) is 0 Å². The number of ether oxygens (including phenoxy) is 3. The summed E-state index contributed by atoms with van der Waals surface area (Å²) in [5.74, 6) is -3.82. The van der Waals surface area contributed by atoms with Gasteiger partial charge in [-0.25, -0.2) is 4.79 Å². The van der Waals surface area contributed by atoms with Crippen LogP contribution in [0.3, 0.4) is 0 Å². The third kappa shape index (κ3) is 3.55. The Morgan fingerprint density at radius 2 is 2.10 bits per heavy atom. The summed E-state index contributed by atoms with van der Waals surface area (Å²) in [4.78, 5) is 11.2. The number of carboxylic acid groups (broad SMARTS) is 1. The van der Waals surface area contributed by atoms with Gasteiger partial charge in [0, 0.05) is 18.6 Å². The molecule has 0 spiro atoms. The van der Waals surface area contributed by atoms with Gasteiger partial charge < -0.3 is 24.4 Å². The van der Waals surface area contributed by atoms with E-state index < -0.39 is 11.8 Å². The van der Waals surface area contributed by atoms with Gasteiger partial charge >= 0.3 is 5.97 Å². The Balaban J connectivity index is 1.87. The molecular formula is C14H18O6. The smallest absolute Gasteiger partial charge is 0.369 e. The first-order valence-electron chi connectivity index (χ1n) is 6.51. The van der Waals surface area contributed by atoms with E-state index in [4.69, 9.17) is 19.3 Å². The van der Waals surface area contributed by atoms with Gasteiger partial charge in [0.1, 0.15) is 0 Å². The molecule has 2 rings (SSSR count). The molecule has 0 bridgehead atoms. The van der Waals surface area contributed by atoms with E-state index in [1.807, 2.05) is 0 Å². The molecule has 1 fully saturated rings. The van der Waals surface area contributed by atoms with E-state index in [2.05, 4.69) is 0 Å². The molecule has 1 aliphatic heterocycles. The van der Waals surface area contributed by atoms with E-state index in [-0.39, 0.29) is 25.1 Å². The van der Waals surface area contributed by atoms with Gasteiger partial charge in [0.25, 0.3) is 5.79 Å². The van der Waals surface area contributed by atoms with Crippen LogP contribution in [0.15, 0.2) is 30.3 Å². The van der Waals surface area contributed by atoms with Crippen LogP contribution in [-0.2, 0) is 24.8 Å². The fourth-order valence-electron chi connectivity index (χ4n) is 1.98. The highest BCUT2D eigenvalue weighted by Crippen LogP contribution is 2.23. The second-order valence-electron chi connectivity index (χ2n) is 4.48. The molecule has 6 nitrogen and oxygen atoms in total. The highest BCUT2D eigenvalue weighted by molar-refractivity contribution is 5.77. The molecule has 0 amide bonds. The fourth-order valence-corrected chi connectivity index (χ4v) is 1.98. The molecular weight excluding hydrogens is 264 g/mol. The molecule has 0 saturated carbocycles. The lowest BCUT2D eigenvalue weighted by atomic mass is 10.1. The minimum atomic E-state index is -2.36. The maximum atomic E-state index is 11.2. The number of rotatable bonds is 7. The Hall–Kier alpha value is -1.47. The molecule has 2 unspecified atom stereocenters. The Bertz CT molecular complexity index is 429. The summed E-state index contributed by atoms with van der Waals surface area (Å²) < 4.78 is 15.7. The van der Waals surface area contributed by atoms with Crippen molar-refractivity contribution in [3.05, 3.63) is 35.9 Å². The van der Waals surface area contributed by atoms with Crippen molar-refractivity contribution in [1.82, 2.24) is 0 Å². The minimum Gasteiger partial charge on any atom is -0.477 e. The van der Waals surface area contributed by atoms with Crippen LogP contribution in [0.1, 0.15) is 18.4 Å².